The number of aromatic nitrogens is 5. The van der Waals surface area contributed by atoms with Crippen LogP contribution in [0.5, 0.6) is 6.01 Å². The average Bonchev–Trinajstić information content (AvgIpc) is 3.36. The van der Waals surface area contributed by atoms with E-state index in [0.717, 1.165) is 18.5 Å². The zero-order chi connectivity index (χ0) is 19.8. The van der Waals surface area contributed by atoms with Crippen molar-refractivity contribution < 1.29 is 14.3 Å². The quantitative estimate of drug-likeness (QED) is 0.473. The molecule has 1 saturated carbocycles. The molecule has 0 radical (unpaired) electrons. The fourth-order valence-corrected chi connectivity index (χ4v) is 2.98. The van der Waals surface area contributed by atoms with Crippen molar-refractivity contribution >= 4 is 29.5 Å². The first kappa shape index (κ1) is 17.3. The van der Waals surface area contributed by atoms with E-state index < -0.39 is 5.91 Å². The monoisotopic (exact) mass is 391 g/mol. The molecule has 3 aromatic heterocycles. The Morgan fingerprint density at radius 3 is 2.90 bits per heavy atom. The van der Waals surface area contributed by atoms with Gasteiger partial charge in [0, 0.05) is 23.4 Å². The molecule has 0 unspecified atom stereocenters. The van der Waals surface area contributed by atoms with Gasteiger partial charge in [0.05, 0.1) is 18.3 Å². The summed E-state index contributed by atoms with van der Waals surface area (Å²) in [5.74, 6) is -0.195. The van der Waals surface area contributed by atoms with Crippen LogP contribution in [0.4, 0.5) is 5.95 Å². The van der Waals surface area contributed by atoms with Crippen molar-refractivity contribution in [1.29, 1.82) is 0 Å². The smallest absolute Gasteiger partial charge is 0.322 e. The first-order valence-electron chi connectivity index (χ1n) is 9.25. The van der Waals surface area contributed by atoms with Gasteiger partial charge in [0.2, 0.25) is 11.9 Å². The number of hydrogen-bond donors (Lipinski definition) is 2. The Morgan fingerprint density at radius 1 is 1.28 bits per heavy atom. The fraction of sp³-hybridized carbons (Fsp3) is 0.263. The highest BCUT2D eigenvalue weighted by molar-refractivity contribution is 6.15. The van der Waals surface area contributed by atoms with E-state index in [2.05, 4.69) is 30.7 Å². The number of hydrogen-bond acceptors (Lipinski definition) is 8. The number of carbonyl (C=O) groups is 2. The number of imide groups is 1. The summed E-state index contributed by atoms with van der Waals surface area (Å²) < 4.78 is 7.33. The minimum Gasteiger partial charge on any atom is -0.457 e. The molecule has 4 heterocycles. The summed E-state index contributed by atoms with van der Waals surface area (Å²) in [4.78, 5) is 36.5. The number of ether oxygens (including phenoxy) is 1. The van der Waals surface area contributed by atoms with Gasteiger partial charge in [-0.1, -0.05) is 6.07 Å². The Morgan fingerprint density at radius 2 is 2.17 bits per heavy atom. The lowest BCUT2D eigenvalue weighted by Gasteiger charge is -2.09. The average molecular weight is 391 g/mol. The van der Waals surface area contributed by atoms with Gasteiger partial charge in [-0.05, 0) is 31.1 Å². The van der Waals surface area contributed by atoms with Crippen LogP contribution in [0.25, 0.3) is 11.7 Å². The first-order chi connectivity index (χ1) is 14.2. The molecule has 3 aromatic rings. The van der Waals surface area contributed by atoms with Crippen LogP contribution in [-0.4, -0.2) is 42.4 Å². The number of anilines is 1. The van der Waals surface area contributed by atoms with E-state index >= 15 is 0 Å². The van der Waals surface area contributed by atoms with E-state index in [1.54, 1.807) is 23.0 Å². The molecule has 146 valence electrons. The number of rotatable bonds is 6. The Bertz CT molecular complexity index is 1140. The zero-order valence-electron chi connectivity index (χ0n) is 15.3. The van der Waals surface area contributed by atoms with Gasteiger partial charge < -0.3 is 10.1 Å². The highest BCUT2D eigenvalue weighted by Gasteiger charge is 2.26. The molecular weight excluding hydrogens is 374 g/mol. The van der Waals surface area contributed by atoms with Gasteiger partial charge in [-0.25, -0.2) is 0 Å². The molecule has 5 rings (SSSR count). The third kappa shape index (κ3) is 3.64. The van der Waals surface area contributed by atoms with Gasteiger partial charge in [-0.15, -0.1) is 0 Å². The fourth-order valence-electron chi connectivity index (χ4n) is 2.98. The molecule has 0 spiro atoms. The minimum atomic E-state index is -0.397. The summed E-state index contributed by atoms with van der Waals surface area (Å²) in [6.45, 7) is 0.224. The third-order valence-electron chi connectivity index (χ3n) is 4.59. The molecule has 0 atom stereocenters. The Hall–Kier alpha value is -3.82. The van der Waals surface area contributed by atoms with E-state index in [4.69, 9.17) is 4.74 Å². The van der Waals surface area contributed by atoms with Crippen molar-refractivity contribution in [2.45, 2.75) is 31.9 Å². The second kappa shape index (κ2) is 6.97. The molecule has 1 aliphatic carbocycles. The lowest BCUT2D eigenvalue weighted by Crippen LogP contribution is -2.19. The molecular formula is C19H17N7O3. The highest BCUT2D eigenvalue weighted by Crippen LogP contribution is 2.26. The van der Waals surface area contributed by atoms with Crippen LogP contribution >= 0.6 is 0 Å². The van der Waals surface area contributed by atoms with Crippen molar-refractivity contribution in [1.82, 2.24) is 29.9 Å². The number of nitrogens with one attached hydrogen (secondary N) is 2. The van der Waals surface area contributed by atoms with Crippen molar-refractivity contribution in [3.05, 3.63) is 47.4 Å². The molecule has 2 amide bonds. The SMILES string of the molecule is O=C1C/C(=C\c2cnn3c(NC4CC4)nc(OCc4ccccn4)nc23)C(=O)N1. The van der Waals surface area contributed by atoms with Crippen molar-refractivity contribution in [3.8, 4) is 6.01 Å². The summed E-state index contributed by atoms with van der Waals surface area (Å²) in [6.07, 6.45) is 7.08. The molecule has 29 heavy (non-hydrogen) atoms. The van der Waals surface area contributed by atoms with Gasteiger partial charge in [0.1, 0.15) is 6.61 Å². The van der Waals surface area contributed by atoms with Gasteiger partial charge >= 0.3 is 6.01 Å². The number of amides is 2. The van der Waals surface area contributed by atoms with Crippen LogP contribution < -0.4 is 15.4 Å². The van der Waals surface area contributed by atoms with Gasteiger partial charge in [0.25, 0.3) is 5.91 Å². The second-order valence-electron chi connectivity index (χ2n) is 6.92. The second-order valence-corrected chi connectivity index (χ2v) is 6.92. The van der Waals surface area contributed by atoms with E-state index in [1.165, 1.54) is 0 Å². The Kier molecular flexibility index (Phi) is 4.15. The Labute approximate surface area is 165 Å². The largest absolute Gasteiger partial charge is 0.457 e. The number of fused-ring (bicyclic) bond motifs is 1. The van der Waals surface area contributed by atoms with Crippen LogP contribution in [0, 0.1) is 0 Å². The number of carbonyl (C=O) groups excluding carboxylic acids is 2. The molecule has 0 aromatic carbocycles. The van der Waals surface area contributed by atoms with Crippen LogP contribution in [0.15, 0.2) is 36.2 Å². The molecule has 2 fully saturated rings. The zero-order valence-corrected chi connectivity index (χ0v) is 15.3. The number of nitrogens with zero attached hydrogens (tertiary/aromatic N) is 5. The topological polar surface area (TPSA) is 123 Å². The van der Waals surface area contributed by atoms with E-state index in [0.29, 0.717) is 28.8 Å². The van der Waals surface area contributed by atoms with E-state index in [-0.39, 0.29) is 24.9 Å². The summed E-state index contributed by atoms with van der Waals surface area (Å²) in [5, 5.41) is 9.94. The highest BCUT2D eigenvalue weighted by atomic mass is 16.5. The maximum atomic E-state index is 11.9. The summed E-state index contributed by atoms with van der Waals surface area (Å²) in [6, 6.07) is 6.09. The van der Waals surface area contributed by atoms with Crippen molar-refractivity contribution in [2.24, 2.45) is 0 Å². The third-order valence-corrected chi connectivity index (χ3v) is 4.59. The standard InChI is InChI=1S/C19H17N7O3/c27-15-8-11(17(28)23-15)7-12-9-21-26-16(12)24-19(25-18(26)22-13-4-5-13)29-10-14-3-1-2-6-20-14/h1-3,6-7,9,13H,4-5,8,10H2,(H,22,24,25)(H,23,27,28)/b11-7+. The van der Waals surface area contributed by atoms with Crippen molar-refractivity contribution in [2.75, 3.05) is 5.32 Å². The van der Waals surface area contributed by atoms with E-state index in [9.17, 15) is 9.59 Å². The predicted octanol–water partition coefficient (Wildman–Crippen LogP) is 1.10. The summed E-state index contributed by atoms with van der Waals surface area (Å²) in [7, 11) is 0. The van der Waals surface area contributed by atoms with Crippen LogP contribution in [0.2, 0.25) is 0 Å². The van der Waals surface area contributed by atoms with Crippen LogP contribution in [0.1, 0.15) is 30.5 Å². The molecule has 2 N–H and O–H groups in total. The van der Waals surface area contributed by atoms with Gasteiger partial charge in [-0.2, -0.15) is 19.6 Å². The molecule has 10 nitrogen and oxygen atoms in total. The summed E-state index contributed by atoms with van der Waals surface area (Å²) in [5.41, 5.74) is 2.22. The molecule has 0 bridgehead atoms. The van der Waals surface area contributed by atoms with Crippen LogP contribution in [-0.2, 0) is 16.2 Å². The maximum absolute atomic E-state index is 11.9. The molecule has 10 heteroatoms. The molecule has 2 aliphatic rings. The van der Waals surface area contributed by atoms with Gasteiger partial charge in [-0.3, -0.25) is 19.9 Å². The Balaban J connectivity index is 1.51. The number of pyridine rings is 1. The summed E-state index contributed by atoms with van der Waals surface area (Å²) >= 11 is 0. The normalized spacial score (nSPS) is 17.7. The lowest BCUT2D eigenvalue weighted by atomic mass is 10.1. The minimum absolute atomic E-state index is 0.0392. The van der Waals surface area contributed by atoms with E-state index in [1.807, 2.05) is 18.2 Å². The molecule has 1 aliphatic heterocycles. The van der Waals surface area contributed by atoms with Crippen LogP contribution in [0.3, 0.4) is 0 Å². The first-order valence-corrected chi connectivity index (χ1v) is 9.25. The molecule has 1 saturated heterocycles. The van der Waals surface area contributed by atoms with Crippen molar-refractivity contribution in [3.63, 3.8) is 0 Å². The predicted molar refractivity (Wildman–Crippen MR) is 102 cm³/mol. The lowest BCUT2D eigenvalue weighted by molar-refractivity contribution is -0.124. The van der Waals surface area contributed by atoms with Gasteiger partial charge in [0.15, 0.2) is 5.65 Å². The maximum Gasteiger partial charge on any atom is 0.322 e.